The van der Waals surface area contributed by atoms with Gasteiger partial charge in [-0.15, -0.1) is 0 Å². The number of piperidine rings is 1. The van der Waals surface area contributed by atoms with E-state index in [0.717, 1.165) is 69.7 Å². The minimum atomic E-state index is -0.0244. The Morgan fingerprint density at radius 3 is 2.63 bits per heavy atom. The number of nitrogens with one attached hydrogen (secondary N) is 1. The molecule has 11 heteroatoms. The van der Waals surface area contributed by atoms with Crippen molar-refractivity contribution in [3.8, 4) is 5.75 Å². The van der Waals surface area contributed by atoms with Crippen LogP contribution >= 0.6 is 11.6 Å². The van der Waals surface area contributed by atoms with Crippen molar-refractivity contribution in [2.45, 2.75) is 50.7 Å². The van der Waals surface area contributed by atoms with Crippen LogP contribution in [0.5, 0.6) is 5.75 Å². The van der Waals surface area contributed by atoms with Crippen LogP contribution in [0.1, 0.15) is 49.9 Å². The Morgan fingerprint density at radius 2 is 1.91 bits per heavy atom. The summed E-state index contributed by atoms with van der Waals surface area (Å²) in [5.74, 6) is 1.15. The van der Waals surface area contributed by atoms with Gasteiger partial charge in [-0.2, -0.15) is 0 Å². The molecule has 3 aliphatic rings. The first-order valence-electron chi connectivity index (χ1n) is 15.2. The Morgan fingerprint density at radius 1 is 1.14 bits per heavy atom. The van der Waals surface area contributed by atoms with Crippen LogP contribution in [0.3, 0.4) is 0 Å². The second-order valence-electron chi connectivity index (χ2n) is 11.3. The minimum absolute atomic E-state index is 0.0244. The molecule has 230 valence electrons. The van der Waals surface area contributed by atoms with Crippen LogP contribution in [-0.4, -0.2) is 93.7 Å². The summed E-state index contributed by atoms with van der Waals surface area (Å²) in [5.41, 5.74) is 9.45. The predicted octanol–water partition coefficient (Wildman–Crippen LogP) is 3.99. The molecule has 0 aliphatic carbocycles. The lowest BCUT2D eigenvalue weighted by atomic mass is 9.92. The van der Waals surface area contributed by atoms with Gasteiger partial charge in [-0.1, -0.05) is 49.4 Å². The molecule has 0 amide bonds. The van der Waals surface area contributed by atoms with Crippen LogP contribution in [0.2, 0.25) is 5.15 Å². The number of aromatic nitrogens is 2. The first kappa shape index (κ1) is 31.0. The smallest absolute Gasteiger partial charge is 0.172 e. The molecule has 4 heterocycles. The number of aliphatic hydroxyl groups is 1. The quantitative estimate of drug-likeness (QED) is 0.317. The number of aliphatic hydroxyl groups excluding tert-OH is 1. The third-order valence-electron chi connectivity index (χ3n) is 8.66. The first-order valence-corrected chi connectivity index (χ1v) is 15.6. The molecule has 10 nitrogen and oxygen atoms in total. The van der Waals surface area contributed by atoms with Gasteiger partial charge in [0.2, 0.25) is 0 Å². The highest BCUT2D eigenvalue weighted by molar-refractivity contribution is 6.31. The van der Waals surface area contributed by atoms with Crippen LogP contribution in [0, 0.1) is 0 Å². The number of benzene rings is 1. The Bertz CT molecular complexity index is 1350. The molecule has 2 fully saturated rings. The van der Waals surface area contributed by atoms with Crippen molar-refractivity contribution < 1.29 is 10.2 Å². The van der Waals surface area contributed by atoms with Gasteiger partial charge in [0.1, 0.15) is 11.4 Å². The number of allylic oxidation sites excluding steroid dienone is 3. The number of halogens is 1. The molecule has 0 saturated carbocycles. The highest BCUT2D eigenvalue weighted by atomic mass is 35.5. The van der Waals surface area contributed by atoms with E-state index in [9.17, 15) is 5.11 Å². The molecule has 2 aromatic rings. The van der Waals surface area contributed by atoms with Crippen molar-refractivity contribution in [3.05, 3.63) is 71.7 Å². The summed E-state index contributed by atoms with van der Waals surface area (Å²) in [6.45, 7) is 11.0. The van der Waals surface area contributed by atoms with E-state index >= 15 is 0 Å². The van der Waals surface area contributed by atoms with Gasteiger partial charge in [0.05, 0.1) is 18.3 Å². The molecule has 3 aliphatic heterocycles. The van der Waals surface area contributed by atoms with Crippen LogP contribution in [0.15, 0.2) is 60.3 Å². The molecule has 1 aromatic carbocycles. The fourth-order valence-electron chi connectivity index (χ4n) is 6.48. The largest absolute Gasteiger partial charge is 0.508 e. The maximum Gasteiger partial charge on any atom is 0.172 e. The number of aliphatic imine (C=N–C) groups is 1. The molecular formula is C32H43ClN8O2. The highest BCUT2D eigenvalue weighted by Crippen LogP contribution is 2.33. The van der Waals surface area contributed by atoms with E-state index in [-0.39, 0.29) is 24.2 Å². The van der Waals surface area contributed by atoms with Crippen molar-refractivity contribution >= 4 is 34.6 Å². The number of nitrogens with zero attached hydrogens (tertiary/aromatic N) is 6. The Labute approximate surface area is 259 Å². The summed E-state index contributed by atoms with van der Waals surface area (Å²) in [7, 11) is 0. The molecule has 0 radical (unpaired) electrons. The number of hydrogen-bond acceptors (Lipinski definition) is 10. The second kappa shape index (κ2) is 14.4. The standard InChI is InChI=1S/C32H43ClN8O2/c1-3-24-21-40(32-30(33)37-28(31(34)38-32)22(2)35-15-20-42)18-19-41(24)25-12-16-39(17-13-25)29(23-8-10-26(43)11-9-23)27-7-5-4-6-14-36-27/h4-6,8-11,14,24-25,29,35,42-43H,2-3,7,12-13,15-21H2,1H3,(H2,34,38)/t24-,29?/m0/s1. The molecule has 0 spiro atoms. The lowest BCUT2D eigenvalue weighted by Gasteiger charge is -2.48. The number of nitrogens with two attached hydrogens (primary N) is 1. The number of nitrogen functional groups attached to an aromatic ring is 1. The maximum absolute atomic E-state index is 9.90. The van der Waals surface area contributed by atoms with E-state index in [1.807, 2.05) is 24.4 Å². The molecule has 2 atom stereocenters. The molecule has 5 N–H and O–H groups in total. The average Bonchev–Trinajstić information content (AvgIpc) is 3.31. The van der Waals surface area contributed by atoms with Gasteiger partial charge in [-0.05, 0) is 43.0 Å². The van der Waals surface area contributed by atoms with Crippen LogP contribution in [-0.2, 0) is 0 Å². The van der Waals surface area contributed by atoms with E-state index in [4.69, 9.17) is 27.4 Å². The van der Waals surface area contributed by atoms with Gasteiger partial charge in [-0.25, -0.2) is 9.97 Å². The number of phenolic OH excluding ortho intramolecular Hbond substituents is 1. The Balaban J connectivity index is 1.25. The van der Waals surface area contributed by atoms with Gasteiger partial charge in [0.25, 0.3) is 0 Å². The summed E-state index contributed by atoms with van der Waals surface area (Å²) in [5, 5.41) is 22.3. The fraction of sp³-hybridized carbons (Fsp3) is 0.469. The predicted molar refractivity (Wildman–Crippen MR) is 174 cm³/mol. The van der Waals surface area contributed by atoms with E-state index in [1.54, 1.807) is 12.1 Å². The van der Waals surface area contributed by atoms with E-state index < -0.39 is 0 Å². The zero-order chi connectivity index (χ0) is 30.3. The molecule has 0 bridgehead atoms. The lowest BCUT2D eigenvalue weighted by molar-refractivity contribution is 0.0574. The Hall–Kier alpha value is -3.44. The van der Waals surface area contributed by atoms with E-state index in [2.05, 4.69) is 55.6 Å². The third-order valence-corrected chi connectivity index (χ3v) is 8.91. The first-order chi connectivity index (χ1) is 20.9. The average molecular weight is 607 g/mol. The molecule has 2 saturated heterocycles. The number of hydrogen-bond donors (Lipinski definition) is 4. The SMILES string of the molecule is C=C(NCCO)c1nc(Cl)c(N2CCN(C3CCN(C(C4=NC=CC=CC4)c4ccc(O)cc4)CC3)[C@@H](CC)C2)nc1N. The van der Waals surface area contributed by atoms with Gasteiger partial charge in [0.15, 0.2) is 16.8 Å². The molecule has 1 unspecified atom stereocenters. The van der Waals surface area contributed by atoms with Crippen molar-refractivity contribution in [2.24, 2.45) is 4.99 Å². The number of phenols is 1. The van der Waals surface area contributed by atoms with Crippen molar-refractivity contribution in [1.29, 1.82) is 0 Å². The summed E-state index contributed by atoms with van der Waals surface area (Å²) in [4.78, 5) is 21.4. The third kappa shape index (κ3) is 7.21. The van der Waals surface area contributed by atoms with E-state index in [0.29, 0.717) is 41.0 Å². The zero-order valence-corrected chi connectivity index (χ0v) is 25.6. The van der Waals surface area contributed by atoms with Crippen LogP contribution in [0.25, 0.3) is 5.70 Å². The zero-order valence-electron chi connectivity index (χ0n) is 24.9. The van der Waals surface area contributed by atoms with Crippen molar-refractivity contribution in [1.82, 2.24) is 25.1 Å². The van der Waals surface area contributed by atoms with Gasteiger partial charge >= 0.3 is 0 Å². The number of aromatic hydroxyl groups is 1. The molecule has 5 rings (SSSR count). The normalized spacial score (nSPS) is 21.0. The summed E-state index contributed by atoms with van der Waals surface area (Å²) >= 11 is 6.63. The molecule has 1 aromatic heterocycles. The Kier molecular flexibility index (Phi) is 10.3. The van der Waals surface area contributed by atoms with Gasteiger partial charge < -0.3 is 26.2 Å². The number of piperazine rings is 1. The maximum atomic E-state index is 9.90. The molecular weight excluding hydrogens is 564 g/mol. The second-order valence-corrected chi connectivity index (χ2v) is 11.7. The number of likely N-dealkylation sites (tertiary alicyclic amines) is 1. The van der Waals surface area contributed by atoms with Gasteiger partial charge in [0, 0.05) is 69.7 Å². The van der Waals surface area contributed by atoms with Gasteiger partial charge in [-0.3, -0.25) is 14.8 Å². The summed E-state index contributed by atoms with van der Waals surface area (Å²) in [6, 6.07) is 8.52. The van der Waals surface area contributed by atoms with Crippen LogP contribution < -0.4 is 16.0 Å². The fourth-order valence-corrected chi connectivity index (χ4v) is 6.72. The monoisotopic (exact) mass is 606 g/mol. The molecule has 43 heavy (non-hydrogen) atoms. The summed E-state index contributed by atoms with van der Waals surface area (Å²) in [6.07, 6.45) is 12.1. The van der Waals surface area contributed by atoms with Crippen molar-refractivity contribution in [2.75, 3.05) is 56.5 Å². The number of anilines is 2. The van der Waals surface area contributed by atoms with Crippen LogP contribution in [0.4, 0.5) is 11.6 Å². The van der Waals surface area contributed by atoms with E-state index in [1.165, 1.54) is 0 Å². The highest BCUT2D eigenvalue weighted by Gasteiger charge is 2.36. The lowest BCUT2D eigenvalue weighted by Crippen LogP contribution is -2.58. The topological polar surface area (TPSA) is 126 Å². The van der Waals surface area contributed by atoms with Crippen molar-refractivity contribution in [3.63, 3.8) is 0 Å². The summed E-state index contributed by atoms with van der Waals surface area (Å²) < 4.78 is 0. The minimum Gasteiger partial charge on any atom is -0.508 e. The number of rotatable bonds is 10.